The fourth-order valence-electron chi connectivity index (χ4n) is 5.89. The van der Waals surface area contributed by atoms with E-state index in [2.05, 4.69) is 171 Å². The highest BCUT2D eigenvalue weighted by Gasteiger charge is 2.48. The largest absolute Gasteiger partial charge is 0.445 e. The molecule has 38 heavy (non-hydrogen) atoms. The van der Waals surface area contributed by atoms with Crippen LogP contribution in [0.2, 0.25) is 25.3 Å². The molecule has 0 spiro atoms. The van der Waals surface area contributed by atoms with Gasteiger partial charge in [-0.15, -0.1) is 0 Å². The van der Waals surface area contributed by atoms with E-state index < -0.39 is 24.7 Å². The third kappa shape index (κ3) is 5.31. The lowest BCUT2D eigenvalue weighted by molar-refractivity contribution is 0.576. The third-order valence-electron chi connectivity index (χ3n) is 7.98. The molecular weight excluding hydrogens is 509 g/mol. The van der Waals surface area contributed by atoms with Crippen LogP contribution < -0.4 is 25.9 Å². The Hall–Kier alpha value is -3.29. The monoisotopic (exact) mass is 544 g/mol. The van der Waals surface area contributed by atoms with Crippen molar-refractivity contribution in [1.82, 2.24) is 0 Å². The van der Waals surface area contributed by atoms with Crippen LogP contribution >= 0.6 is 0 Å². The molecule has 0 saturated carbocycles. The average Bonchev–Trinajstić information content (AvgIpc) is 2.99. The summed E-state index contributed by atoms with van der Waals surface area (Å²) in [6, 6.07) is 55.4. The average molecular weight is 545 g/mol. The van der Waals surface area contributed by atoms with E-state index in [4.69, 9.17) is 4.12 Å². The number of benzene rings is 5. The van der Waals surface area contributed by atoms with E-state index >= 15 is 0 Å². The van der Waals surface area contributed by atoms with Crippen LogP contribution in [-0.4, -0.2) is 24.7 Å². The van der Waals surface area contributed by atoms with E-state index in [9.17, 15) is 0 Å². The van der Waals surface area contributed by atoms with Crippen LogP contribution in [0, 0.1) is 0 Å². The van der Waals surface area contributed by atoms with Crippen molar-refractivity contribution in [3.05, 3.63) is 152 Å². The molecule has 1 nitrogen and oxygen atoms in total. The van der Waals surface area contributed by atoms with Gasteiger partial charge in [-0.25, -0.2) is 0 Å². The normalized spacial score (nSPS) is 13.6. The van der Waals surface area contributed by atoms with Crippen LogP contribution in [0.4, 0.5) is 0 Å². The first-order valence-electron chi connectivity index (χ1n) is 13.4. The molecule has 5 aromatic carbocycles. The van der Waals surface area contributed by atoms with Gasteiger partial charge in [0.15, 0.2) is 0 Å². The minimum Gasteiger partial charge on any atom is -0.445 e. The van der Waals surface area contributed by atoms with Crippen molar-refractivity contribution in [1.29, 1.82) is 0 Å². The Morgan fingerprint density at radius 1 is 0.395 bits per heavy atom. The molecule has 0 amide bonds. The van der Waals surface area contributed by atoms with Crippen molar-refractivity contribution in [2.75, 3.05) is 0 Å². The molecule has 4 heteroatoms. The van der Waals surface area contributed by atoms with Crippen molar-refractivity contribution < 1.29 is 4.12 Å². The Morgan fingerprint density at radius 3 is 1.03 bits per heavy atom. The molecule has 0 radical (unpaired) electrons. The summed E-state index contributed by atoms with van der Waals surface area (Å²) in [7, 11) is -7.20. The van der Waals surface area contributed by atoms with Gasteiger partial charge in [-0.2, -0.15) is 0 Å². The lowest BCUT2D eigenvalue weighted by Crippen LogP contribution is -2.70. The van der Waals surface area contributed by atoms with E-state index in [-0.39, 0.29) is 0 Å². The Kier molecular flexibility index (Phi) is 7.77. The molecule has 190 valence electrons. The number of hydrogen-bond acceptors (Lipinski definition) is 1. The highest BCUT2D eigenvalue weighted by Crippen LogP contribution is 2.26. The van der Waals surface area contributed by atoms with Crippen molar-refractivity contribution in [3.63, 3.8) is 0 Å². The van der Waals surface area contributed by atoms with Gasteiger partial charge in [0, 0.05) is 0 Å². The van der Waals surface area contributed by atoms with Crippen LogP contribution in [0.15, 0.2) is 152 Å². The van der Waals surface area contributed by atoms with Crippen LogP contribution in [0.3, 0.4) is 0 Å². The molecule has 1 unspecified atom stereocenters. The zero-order valence-electron chi connectivity index (χ0n) is 22.5. The van der Waals surface area contributed by atoms with E-state index in [1.807, 2.05) is 0 Å². The molecule has 5 aromatic rings. The van der Waals surface area contributed by atoms with Crippen molar-refractivity contribution in [3.8, 4) is 0 Å². The maximum atomic E-state index is 7.83. The minimum absolute atomic E-state index is 1.07. The molecule has 1 atom stereocenters. The maximum absolute atomic E-state index is 7.83. The first-order valence-corrected chi connectivity index (χ1v) is 21.1. The Bertz CT molecular complexity index is 1260. The summed E-state index contributed by atoms with van der Waals surface area (Å²) in [6.45, 7) is 7.41. The van der Waals surface area contributed by atoms with E-state index in [1.54, 1.807) is 0 Å². The van der Waals surface area contributed by atoms with Gasteiger partial charge in [0.25, 0.3) is 0 Å². The molecule has 0 aliphatic carbocycles. The number of hydrogen-bond donors (Lipinski definition) is 0. The molecule has 0 aliphatic heterocycles. The summed E-state index contributed by atoms with van der Waals surface area (Å²) in [5.41, 5.74) is 1.07. The van der Waals surface area contributed by atoms with E-state index in [1.165, 1.54) is 25.9 Å². The van der Waals surface area contributed by atoms with Gasteiger partial charge < -0.3 is 4.12 Å². The van der Waals surface area contributed by atoms with Gasteiger partial charge in [0.1, 0.15) is 8.07 Å². The van der Waals surface area contributed by atoms with Gasteiger partial charge in [-0.05, 0) is 34.3 Å². The highest BCUT2D eigenvalue weighted by atomic mass is 28.4. The van der Waals surface area contributed by atoms with Gasteiger partial charge in [0.05, 0.1) is 0 Å². The van der Waals surface area contributed by atoms with Crippen molar-refractivity contribution in [2.45, 2.75) is 25.3 Å². The molecule has 5 rings (SSSR count). The van der Waals surface area contributed by atoms with Crippen molar-refractivity contribution >= 4 is 50.6 Å². The number of rotatable bonds is 9. The second-order valence-corrected chi connectivity index (χ2v) is 23.0. The first kappa shape index (κ1) is 26.3. The lowest BCUT2D eigenvalue weighted by Gasteiger charge is -2.43. The van der Waals surface area contributed by atoms with Crippen LogP contribution in [0.5, 0.6) is 0 Å². The quantitative estimate of drug-likeness (QED) is 0.229. The molecule has 0 bridgehead atoms. The van der Waals surface area contributed by atoms with E-state index in [0.717, 1.165) is 5.67 Å². The molecule has 0 heterocycles. The SMILES string of the molecule is C[Si](C[Si](C)(c1ccccc1)c1ccccc1)(O[Si](C)(c1ccccc1)c1ccccc1)c1ccccc1. The van der Waals surface area contributed by atoms with Crippen LogP contribution in [-0.2, 0) is 4.12 Å². The smallest absolute Gasteiger partial charge is 0.242 e. The summed E-state index contributed by atoms with van der Waals surface area (Å²) in [5, 5.41) is 6.95. The summed E-state index contributed by atoms with van der Waals surface area (Å²) in [6.07, 6.45) is 0. The second-order valence-electron chi connectivity index (χ2n) is 10.7. The van der Waals surface area contributed by atoms with Crippen molar-refractivity contribution in [2.24, 2.45) is 0 Å². The fraction of sp³-hybridized carbons (Fsp3) is 0.118. The van der Waals surface area contributed by atoms with Gasteiger partial charge in [0.2, 0.25) is 16.6 Å². The van der Waals surface area contributed by atoms with Gasteiger partial charge >= 0.3 is 0 Å². The zero-order chi connectivity index (χ0) is 26.5. The molecule has 0 aromatic heterocycles. The Balaban J connectivity index is 1.69. The van der Waals surface area contributed by atoms with Gasteiger partial charge in [-0.1, -0.05) is 169 Å². The molecular formula is C34H36OSi3. The van der Waals surface area contributed by atoms with Crippen LogP contribution in [0.1, 0.15) is 0 Å². The predicted molar refractivity (Wildman–Crippen MR) is 171 cm³/mol. The van der Waals surface area contributed by atoms with Gasteiger partial charge in [-0.3, -0.25) is 0 Å². The Labute approximate surface area is 231 Å². The van der Waals surface area contributed by atoms with E-state index in [0.29, 0.717) is 0 Å². The molecule has 0 N–H and O–H groups in total. The molecule has 0 aliphatic rings. The van der Waals surface area contributed by atoms with Crippen LogP contribution in [0.25, 0.3) is 0 Å². The third-order valence-corrected chi connectivity index (χ3v) is 24.6. The molecule has 0 saturated heterocycles. The maximum Gasteiger partial charge on any atom is 0.242 e. The Morgan fingerprint density at radius 2 is 0.684 bits per heavy atom. The topological polar surface area (TPSA) is 9.23 Å². The minimum atomic E-state index is -2.54. The predicted octanol–water partition coefficient (Wildman–Crippen LogP) is 5.31. The fourth-order valence-corrected chi connectivity index (χ4v) is 24.8. The zero-order valence-corrected chi connectivity index (χ0v) is 25.5. The summed E-state index contributed by atoms with van der Waals surface area (Å²) < 4.78 is 7.83. The standard InChI is InChI=1S/C34H36OSi3/c1-36(30-19-9-4-10-20-30,31-21-11-5-12-22-31)29-37(2,32-23-13-6-14-24-32)35-38(3,33-25-15-7-16-26-33)34-27-17-8-18-28-34/h4-28H,29H2,1-3H3. The first-order chi connectivity index (χ1) is 18.4. The highest BCUT2D eigenvalue weighted by molar-refractivity contribution is 7.14. The summed E-state index contributed by atoms with van der Waals surface area (Å²) in [5.74, 6) is 0. The summed E-state index contributed by atoms with van der Waals surface area (Å²) >= 11 is 0. The molecule has 0 fully saturated rings. The summed E-state index contributed by atoms with van der Waals surface area (Å²) in [4.78, 5) is 0. The second kappa shape index (κ2) is 11.2. The lowest BCUT2D eigenvalue weighted by atomic mass is 10.4.